The summed E-state index contributed by atoms with van der Waals surface area (Å²) in [5.74, 6) is 0.682. The number of hydrogen-bond donors (Lipinski definition) is 1. The van der Waals surface area contributed by atoms with Gasteiger partial charge in [0.25, 0.3) is 5.19 Å². The molecule has 2 rings (SSSR count). The molecular formula is C9H9N3OS. The summed E-state index contributed by atoms with van der Waals surface area (Å²) in [7, 11) is 0. The zero-order valence-electron chi connectivity index (χ0n) is 7.60. The van der Waals surface area contributed by atoms with Gasteiger partial charge in [-0.2, -0.15) is 0 Å². The predicted octanol–water partition coefficient (Wildman–Crippen LogP) is 2.22. The van der Waals surface area contributed by atoms with E-state index in [1.807, 2.05) is 19.1 Å². The maximum absolute atomic E-state index is 5.60. The molecule has 0 radical (unpaired) electrons. The van der Waals surface area contributed by atoms with Gasteiger partial charge in [-0.05, 0) is 19.1 Å². The number of nitrogen functional groups attached to an aromatic ring is 1. The van der Waals surface area contributed by atoms with Crippen LogP contribution in [0.2, 0.25) is 0 Å². The summed E-state index contributed by atoms with van der Waals surface area (Å²) in [6, 6.07) is 7.21. The monoisotopic (exact) mass is 207 g/mol. The van der Waals surface area contributed by atoms with Crippen molar-refractivity contribution in [3.8, 4) is 10.9 Å². The average molecular weight is 207 g/mol. The number of ether oxygens (including phenoxy) is 1. The van der Waals surface area contributed by atoms with E-state index in [-0.39, 0.29) is 0 Å². The molecule has 72 valence electrons. The lowest BCUT2D eigenvalue weighted by atomic mass is 10.3. The summed E-state index contributed by atoms with van der Waals surface area (Å²) in [5.41, 5.74) is 6.27. The van der Waals surface area contributed by atoms with Crippen LogP contribution in [0.5, 0.6) is 10.9 Å². The van der Waals surface area contributed by atoms with Crippen LogP contribution in [0.25, 0.3) is 0 Å². The molecule has 1 aromatic carbocycles. The van der Waals surface area contributed by atoms with Crippen LogP contribution in [0.4, 0.5) is 5.69 Å². The highest BCUT2D eigenvalue weighted by Crippen LogP contribution is 2.25. The first-order valence-corrected chi connectivity index (χ1v) is 4.89. The Hall–Kier alpha value is -1.62. The van der Waals surface area contributed by atoms with Gasteiger partial charge < -0.3 is 10.5 Å². The Balaban J connectivity index is 2.18. The summed E-state index contributed by atoms with van der Waals surface area (Å²) < 4.78 is 5.44. The van der Waals surface area contributed by atoms with Crippen molar-refractivity contribution in [1.82, 2.24) is 10.2 Å². The Morgan fingerprint density at radius 1 is 1.36 bits per heavy atom. The lowest BCUT2D eigenvalue weighted by Gasteiger charge is -2.00. The Bertz CT molecular complexity index is 441. The minimum atomic E-state index is 0.535. The first-order valence-electron chi connectivity index (χ1n) is 4.07. The molecule has 1 aromatic heterocycles. The summed E-state index contributed by atoms with van der Waals surface area (Å²) in [4.78, 5) is 0. The number of aryl methyl sites for hydroxylation is 1. The molecule has 0 unspecified atom stereocenters. The molecule has 0 saturated heterocycles. The van der Waals surface area contributed by atoms with Gasteiger partial charge in [-0.1, -0.05) is 22.5 Å². The smallest absolute Gasteiger partial charge is 0.299 e. The van der Waals surface area contributed by atoms with Crippen molar-refractivity contribution in [3.63, 3.8) is 0 Å². The van der Waals surface area contributed by atoms with Gasteiger partial charge in [0, 0.05) is 11.8 Å². The third-order valence-corrected chi connectivity index (χ3v) is 2.29. The van der Waals surface area contributed by atoms with E-state index in [0.717, 1.165) is 5.01 Å². The molecule has 0 spiro atoms. The Kier molecular flexibility index (Phi) is 2.32. The number of hydrogen-bond acceptors (Lipinski definition) is 5. The molecule has 0 aliphatic rings. The predicted molar refractivity (Wildman–Crippen MR) is 55.6 cm³/mol. The lowest BCUT2D eigenvalue weighted by molar-refractivity contribution is 0.473. The molecule has 0 amide bonds. The van der Waals surface area contributed by atoms with Crippen molar-refractivity contribution in [2.45, 2.75) is 6.92 Å². The van der Waals surface area contributed by atoms with Crippen molar-refractivity contribution in [1.29, 1.82) is 0 Å². The van der Waals surface area contributed by atoms with Gasteiger partial charge in [-0.25, -0.2) is 0 Å². The number of nitrogens with zero attached hydrogens (tertiary/aromatic N) is 2. The highest BCUT2D eigenvalue weighted by Gasteiger charge is 2.02. The van der Waals surface area contributed by atoms with E-state index in [9.17, 15) is 0 Å². The van der Waals surface area contributed by atoms with E-state index < -0.39 is 0 Å². The van der Waals surface area contributed by atoms with E-state index >= 15 is 0 Å². The maximum atomic E-state index is 5.60. The van der Waals surface area contributed by atoms with Crippen molar-refractivity contribution in [2.75, 3.05) is 5.73 Å². The summed E-state index contributed by atoms with van der Waals surface area (Å²) >= 11 is 1.40. The van der Waals surface area contributed by atoms with Gasteiger partial charge in [0.1, 0.15) is 10.8 Å². The molecule has 2 aromatic rings. The number of nitrogens with two attached hydrogens (primary N) is 1. The maximum Gasteiger partial charge on any atom is 0.299 e. The van der Waals surface area contributed by atoms with E-state index in [2.05, 4.69) is 10.2 Å². The first kappa shape index (κ1) is 8.96. The highest BCUT2D eigenvalue weighted by atomic mass is 32.1. The fourth-order valence-corrected chi connectivity index (χ4v) is 1.55. The fourth-order valence-electron chi connectivity index (χ4n) is 0.999. The highest BCUT2D eigenvalue weighted by molar-refractivity contribution is 7.13. The first-order chi connectivity index (χ1) is 6.74. The van der Waals surface area contributed by atoms with Crippen molar-refractivity contribution >= 4 is 17.0 Å². The Morgan fingerprint density at radius 3 is 2.86 bits per heavy atom. The molecular weight excluding hydrogens is 198 g/mol. The van der Waals surface area contributed by atoms with E-state index in [1.165, 1.54) is 11.3 Å². The van der Waals surface area contributed by atoms with Crippen molar-refractivity contribution in [2.24, 2.45) is 0 Å². The number of anilines is 1. The molecule has 5 heteroatoms. The lowest BCUT2D eigenvalue weighted by Crippen LogP contribution is -1.87. The summed E-state index contributed by atoms with van der Waals surface area (Å²) in [5, 5.41) is 9.11. The summed E-state index contributed by atoms with van der Waals surface area (Å²) in [6.45, 7) is 1.88. The molecule has 0 bridgehead atoms. The molecule has 0 aliphatic carbocycles. The van der Waals surface area contributed by atoms with Crippen LogP contribution in [0.3, 0.4) is 0 Å². The van der Waals surface area contributed by atoms with Crippen LogP contribution in [-0.2, 0) is 0 Å². The van der Waals surface area contributed by atoms with Crippen molar-refractivity contribution < 1.29 is 4.74 Å². The quantitative estimate of drug-likeness (QED) is 0.767. The molecule has 0 atom stereocenters. The molecule has 1 heterocycles. The zero-order valence-corrected chi connectivity index (χ0v) is 8.41. The molecule has 14 heavy (non-hydrogen) atoms. The topological polar surface area (TPSA) is 61.0 Å². The van der Waals surface area contributed by atoms with Crippen LogP contribution < -0.4 is 10.5 Å². The SMILES string of the molecule is Cc1nnc(Oc2cccc(N)c2)s1. The fraction of sp³-hybridized carbons (Fsp3) is 0.111. The summed E-state index contributed by atoms with van der Waals surface area (Å²) in [6.07, 6.45) is 0. The van der Waals surface area contributed by atoms with Crippen LogP contribution >= 0.6 is 11.3 Å². The van der Waals surface area contributed by atoms with Gasteiger partial charge in [-0.3, -0.25) is 0 Å². The van der Waals surface area contributed by atoms with Gasteiger partial charge in [0.15, 0.2) is 0 Å². The third kappa shape index (κ3) is 2.00. The number of benzene rings is 1. The standard InChI is InChI=1S/C9H9N3OS/c1-6-11-12-9(14-6)13-8-4-2-3-7(10)5-8/h2-5H,10H2,1H3. The molecule has 0 aliphatic heterocycles. The normalized spacial score (nSPS) is 10.1. The van der Waals surface area contributed by atoms with Crippen LogP contribution in [0.15, 0.2) is 24.3 Å². The second-order valence-corrected chi connectivity index (χ2v) is 3.91. The minimum Gasteiger partial charge on any atom is -0.430 e. The van der Waals surface area contributed by atoms with Gasteiger partial charge >= 0.3 is 0 Å². The van der Waals surface area contributed by atoms with Crippen LogP contribution in [0.1, 0.15) is 5.01 Å². The zero-order chi connectivity index (χ0) is 9.97. The second kappa shape index (κ2) is 3.63. The van der Waals surface area contributed by atoms with E-state index in [0.29, 0.717) is 16.6 Å². The second-order valence-electron chi connectivity index (χ2n) is 2.76. The molecule has 0 fully saturated rings. The Morgan fingerprint density at radius 2 is 2.21 bits per heavy atom. The van der Waals surface area contributed by atoms with Gasteiger partial charge in [-0.15, -0.1) is 5.10 Å². The minimum absolute atomic E-state index is 0.535. The average Bonchev–Trinajstić information content (AvgIpc) is 2.51. The largest absolute Gasteiger partial charge is 0.430 e. The molecule has 2 N–H and O–H groups in total. The number of rotatable bonds is 2. The molecule has 0 saturated carbocycles. The Labute approximate surface area is 85.4 Å². The third-order valence-electron chi connectivity index (χ3n) is 1.57. The van der Waals surface area contributed by atoms with Gasteiger partial charge in [0.2, 0.25) is 0 Å². The van der Waals surface area contributed by atoms with Crippen molar-refractivity contribution in [3.05, 3.63) is 29.3 Å². The van der Waals surface area contributed by atoms with Gasteiger partial charge in [0.05, 0.1) is 0 Å². The van der Waals surface area contributed by atoms with E-state index in [1.54, 1.807) is 12.1 Å². The number of aromatic nitrogens is 2. The van der Waals surface area contributed by atoms with E-state index in [4.69, 9.17) is 10.5 Å². The van der Waals surface area contributed by atoms with Crippen LogP contribution in [0, 0.1) is 6.92 Å². The molecule has 4 nitrogen and oxygen atoms in total. The van der Waals surface area contributed by atoms with Crippen LogP contribution in [-0.4, -0.2) is 10.2 Å².